The molecule has 51 heavy (non-hydrogen) atoms. The van der Waals surface area contributed by atoms with Gasteiger partial charge in [-0.1, -0.05) is 124 Å². The second-order valence-electron chi connectivity index (χ2n) is 21.6. The lowest BCUT2D eigenvalue weighted by Gasteiger charge is -2.55. The fourth-order valence-electron chi connectivity index (χ4n) is 8.49. The molecule has 1 N–H and O–H groups in total. The summed E-state index contributed by atoms with van der Waals surface area (Å²) in [5, 5.41) is 12.1. The summed E-state index contributed by atoms with van der Waals surface area (Å²) in [6, 6.07) is 0. The van der Waals surface area contributed by atoms with Gasteiger partial charge in [-0.2, -0.15) is 0 Å². The van der Waals surface area contributed by atoms with Crippen LogP contribution in [0.15, 0.2) is 0 Å². The van der Waals surface area contributed by atoms with E-state index >= 15 is 0 Å². The molecule has 2 fully saturated rings. The first-order chi connectivity index (χ1) is 23.0. The molecule has 8 unspecified atom stereocenters. The lowest BCUT2D eigenvalue weighted by Crippen LogP contribution is -2.55. The van der Waals surface area contributed by atoms with E-state index in [1.165, 1.54) is 0 Å². The number of hydrogen-bond acceptors (Lipinski definition) is 6. The number of ether oxygens (including phenoxy) is 5. The van der Waals surface area contributed by atoms with E-state index in [2.05, 4.69) is 138 Å². The number of rotatable bonds is 19. The summed E-state index contributed by atoms with van der Waals surface area (Å²) < 4.78 is 32.8. The topological polar surface area (TPSA) is 66.4 Å². The predicted molar refractivity (Wildman–Crippen MR) is 214 cm³/mol. The molecule has 0 spiro atoms. The van der Waals surface area contributed by atoms with Gasteiger partial charge < -0.3 is 28.8 Å². The van der Waals surface area contributed by atoms with Crippen LogP contribution in [0.25, 0.3) is 0 Å². The highest BCUT2D eigenvalue weighted by molar-refractivity contribution is 5.02. The largest absolute Gasteiger partial charge is 0.393 e. The lowest BCUT2D eigenvalue weighted by molar-refractivity contribution is -0.289. The summed E-state index contributed by atoms with van der Waals surface area (Å²) in [7, 11) is 0. The van der Waals surface area contributed by atoms with E-state index in [1.807, 2.05) is 0 Å². The summed E-state index contributed by atoms with van der Waals surface area (Å²) in [5.41, 5.74) is -1.03. The van der Waals surface area contributed by atoms with Crippen LogP contribution in [-0.4, -0.2) is 60.4 Å². The monoisotopic (exact) mass is 725 g/mol. The van der Waals surface area contributed by atoms with E-state index in [0.29, 0.717) is 18.3 Å². The molecule has 2 heterocycles. The molecule has 0 aromatic heterocycles. The molecule has 0 aromatic rings. The fourth-order valence-corrected chi connectivity index (χ4v) is 8.49. The SMILES string of the molecule is CCCC1OC(CC(C)C)CC(C(C)(C)C(C)(C)CC2CC(C(C)(C)C(C)(C)CC(O)C(C)(C)C(C)(C)CC(OC(C)C)C(C)C)OC(C)O2)O1. The molecule has 6 nitrogen and oxygen atoms in total. The van der Waals surface area contributed by atoms with Crippen LogP contribution in [0.4, 0.5) is 0 Å². The first-order valence-electron chi connectivity index (χ1n) is 21.0. The van der Waals surface area contributed by atoms with Crippen molar-refractivity contribution in [2.24, 2.45) is 44.3 Å². The van der Waals surface area contributed by atoms with Gasteiger partial charge in [0.25, 0.3) is 0 Å². The third kappa shape index (κ3) is 11.6. The molecule has 2 aliphatic rings. The van der Waals surface area contributed by atoms with Crippen LogP contribution in [0.3, 0.4) is 0 Å². The number of hydrogen-bond donors (Lipinski definition) is 1. The smallest absolute Gasteiger partial charge is 0.158 e. The van der Waals surface area contributed by atoms with Crippen LogP contribution in [0.1, 0.15) is 190 Å². The fraction of sp³-hybridized carbons (Fsp3) is 1.00. The van der Waals surface area contributed by atoms with Crippen molar-refractivity contribution >= 4 is 0 Å². The van der Waals surface area contributed by atoms with E-state index in [0.717, 1.165) is 44.9 Å². The van der Waals surface area contributed by atoms with Crippen LogP contribution < -0.4 is 0 Å². The Morgan fingerprint density at radius 2 is 1.20 bits per heavy atom. The van der Waals surface area contributed by atoms with Crippen LogP contribution in [0.2, 0.25) is 0 Å². The second-order valence-corrected chi connectivity index (χ2v) is 21.6. The normalized spacial score (nSPS) is 27.8. The van der Waals surface area contributed by atoms with Crippen molar-refractivity contribution in [3.63, 3.8) is 0 Å². The summed E-state index contributed by atoms with van der Waals surface area (Å²) >= 11 is 0. The quantitative estimate of drug-likeness (QED) is 0.143. The Labute approximate surface area is 317 Å². The molecule has 0 aliphatic carbocycles. The van der Waals surface area contributed by atoms with Crippen molar-refractivity contribution in [1.82, 2.24) is 0 Å². The summed E-state index contributed by atoms with van der Waals surface area (Å²) in [4.78, 5) is 0. The van der Waals surface area contributed by atoms with Gasteiger partial charge in [0.15, 0.2) is 12.6 Å². The summed E-state index contributed by atoms with van der Waals surface area (Å²) in [6.45, 7) is 45.6. The van der Waals surface area contributed by atoms with E-state index < -0.39 is 6.10 Å². The third-order valence-electron chi connectivity index (χ3n) is 14.6. The average Bonchev–Trinajstić information content (AvgIpc) is 2.95. The van der Waals surface area contributed by atoms with Crippen molar-refractivity contribution in [1.29, 1.82) is 0 Å². The molecule has 2 saturated heterocycles. The highest BCUT2D eigenvalue weighted by Gasteiger charge is 2.53. The van der Waals surface area contributed by atoms with Crippen LogP contribution in [0, 0.1) is 44.3 Å². The van der Waals surface area contributed by atoms with Crippen LogP contribution >= 0.6 is 0 Å². The van der Waals surface area contributed by atoms with Crippen LogP contribution in [-0.2, 0) is 23.7 Å². The maximum atomic E-state index is 12.1. The van der Waals surface area contributed by atoms with Crippen molar-refractivity contribution in [3.8, 4) is 0 Å². The third-order valence-corrected chi connectivity index (χ3v) is 14.6. The lowest BCUT2D eigenvalue weighted by atomic mass is 9.55. The minimum Gasteiger partial charge on any atom is -0.393 e. The standard InChI is InChI=1S/C45H88O6/c1-21-22-39-50-33(23-29(2)3)24-38(51-39)45(19,20)40(9,10)26-34-25-37(49-32(8)48-34)44(17,18)42(13,14)28-36(46)43(15,16)41(11,12)27-35(30(4)5)47-31(6)7/h29-39,46H,21-28H2,1-20H3. The first kappa shape index (κ1) is 46.9. The van der Waals surface area contributed by atoms with E-state index in [-0.39, 0.29) is 81.7 Å². The van der Waals surface area contributed by atoms with Crippen molar-refractivity contribution in [2.45, 2.75) is 245 Å². The van der Waals surface area contributed by atoms with E-state index in [1.54, 1.807) is 0 Å². The molecular formula is C45H88O6. The van der Waals surface area contributed by atoms with Gasteiger partial charge in [-0.15, -0.1) is 0 Å². The highest BCUT2D eigenvalue weighted by Crippen LogP contribution is 2.55. The van der Waals surface area contributed by atoms with Gasteiger partial charge in [0.05, 0.1) is 42.7 Å². The van der Waals surface area contributed by atoms with Crippen molar-refractivity contribution < 1.29 is 28.8 Å². The Morgan fingerprint density at radius 3 is 1.71 bits per heavy atom. The molecule has 2 aliphatic heterocycles. The number of aliphatic hydroxyl groups excluding tert-OH is 1. The molecule has 0 bridgehead atoms. The molecule has 2 rings (SSSR count). The zero-order valence-corrected chi connectivity index (χ0v) is 37.5. The van der Waals surface area contributed by atoms with Gasteiger partial charge in [0.2, 0.25) is 0 Å². The molecule has 0 aromatic carbocycles. The van der Waals surface area contributed by atoms with Crippen molar-refractivity contribution in [2.75, 3.05) is 0 Å². The number of aliphatic hydroxyl groups is 1. The molecule has 6 heteroatoms. The van der Waals surface area contributed by atoms with Gasteiger partial charge in [-0.25, -0.2) is 0 Å². The minimum absolute atomic E-state index is 0.00284. The Bertz CT molecular complexity index is 1040. The Kier molecular flexibility index (Phi) is 16.3. The van der Waals surface area contributed by atoms with Gasteiger partial charge in [-0.3, -0.25) is 0 Å². The van der Waals surface area contributed by atoms with Gasteiger partial charge >= 0.3 is 0 Å². The first-order valence-corrected chi connectivity index (χ1v) is 21.0. The summed E-state index contributed by atoms with van der Waals surface area (Å²) in [5.74, 6) is 1.00. The Hall–Kier alpha value is -0.240. The zero-order chi connectivity index (χ0) is 39.5. The maximum Gasteiger partial charge on any atom is 0.158 e. The van der Waals surface area contributed by atoms with E-state index in [9.17, 15) is 5.11 Å². The molecular weight excluding hydrogens is 636 g/mol. The molecule has 304 valence electrons. The average molecular weight is 725 g/mol. The zero-order valence-electron chi connectivity index (χ0n) is 37.5. The predicted octanol–water partition coefficient (Wildman–Crippen LogP) is 12.0. The Morgan fingerprint density at radius 1 is 0.667 bits per heavy atom. The van der Waals surface area contributed by atoms with Gasteiger partial charge in [0, 0.05) is 12.8 Å². The van der Waals surface area contributed by atoms with Crippen LogP contribution in [0.5, 0.6) is 0 Å². The summed E-state index contributed by atoms with van der Waals surface area (Å²) in [6.07, 6.45) is 7.16. The maximum absolute atomic E-state index is 12.1. The van der Waals surface area contributed by atoms with Crippen molar-refractivity contribution in [3.05, 3.63) is 0 Å². The van der Waals surface area contributed by atoms with E-state index in [4.69, 9.17) is 23.7 Å². The molecule has 0 saturated carbocycles. The molecule has 8 atom stereocenters. The second kappa shape index (κ2) is 17.7. The molecule has 0 radical (unpaired) electrons. The Balaban J connectivity index is 2.25. The molecule has 0 amide bonds. The van der Waals surface area contributed by atoms with Gasteiger partial charge in [-0.05, 0) is 97.2 Å². The van der Waals surface area contributed by atoms with Gasteiger partial charge in [0.1, 0.15) is 0 Å². The minimum atomic E-state index is -0.489. The highest BCUT2D eigenvalue weighted by atomic mass is 16.7.